The largest absolute Gasteiger partial charge is 0.431 e. The van der Waals surface area contributed by atoms with Crippen LogP contribution in [0.1, 0.15) is 67.9 Å². The van der Waals surface area contributed by atoms with Gasteiger partial charge in [0.25, 0.3) is 5.22 Å². The van der Waals surface area contributed by atoms with Crippen molar-refractivity contribution in [1.29, 1.82) is 0 Å². The fourth-order valence-electron chi connectivity index (χ4n) is 4.78. The summed E-state index contributed by atoms with van der Waals surface area (Å²) in [4.78, 5) is 34.0. The second kappa shape index (κ2) is 12.2. The number of carbonyl (C=O) groups excluding carboxylic acids is 2. The minimum Gasteiger partial charge on any atom is -0.431 e. The van der Waals surface area contributed by atoms with Gasteiger partial charge < -0.3 is 9.73 Å². The Morgan fingerprint density at radius 3 is 2.22 bits per heavy atom. The third-order valence-corrected chi connectivity index (χ3v) is 7.69. The first kappa shape index (κ1) is 27.4. The molecule has 0 unspecified atom stereocenters. The zero-order valence-corrected chi connectivity index (χ0v) is 23.4. The standard InChI is InChI=1S/C29H38N4O3S/c1-19(2)22-8-6-9-23(20(3)4)27(22)31-26(35)18-33-14-12-32(13-15-33)16-17-37-29-30-25-11-7-10-24(21(5)34)28(25)36-29/h6-11,19-20H,12-18H2,1-5H3,(H,31,35). The fraction of sp³-hybridized carbons (Fsp3) is 0.483. The molecule has 1 amide bonds. The predicted molar refractivity (Wildman–Crippen MR) is 151 cm³/mol. The second-order valence-corrected chi connectivity index (χ2v) is 11.4. The highest BCUT2D eigenvalue weighted by Crippen LogP contribution is 2.32. The Balaban J connectivity index is 1.24. The second-order valence-electron chi connectivity index (χ2n) is 10.3. The van der Waals surface area contributed by atoms with Gasteiger partial charge in [0.1, 0.15) is 5.52 Å². The number of thioether (sulfide) groups is 1. The van der Waals surface area contributed by atoms with Crippen molar-refractivity contribution in [2.75, 3.05) is 50.3 Å². The molecule has 4 rings (SSSR count). The SMILES string of the molecule is CC(=O)c1cccc2nc(SCCN3CCN(CC(=O)Nc4c(C(C)C)cccc4C(C)C)CC3)oc12. The van der Waals surface area contributed by atoms with E-state index in [9.17, 15) is 9.59 Å². The zero-order valence-electron chi connectivity index (χ0n) is 22.5. The van der Waals surface area contributed by atoms with Crippen molar-refractivity contribution >= 4 is 40.2 Å². The first-order valence-corrected chi connectivity index (χ1v) is 14.1. The number of ketones is 1. The highest BCUT2D eigenvalue weighted by Gasteiger charge is 2.21. The number of para-hydroxylation sites is 2. The topological polar surface area (TPSA) is 78.7 Å². The number of fused-ring (bicyclic) bond motifs is 1. The molecule has 198 valence electrons. The summed E-state index contributed by atoms with van der Waals surface area (Å²) in [7, 11) is 0. The summed E-state index contributed by atoms with van der Waals surface area (Å²) in [6.07, 6.45) is 0. The monoisotopic (exact) mass is 522 g/mol. The molecule has 2 heterocycles. The lowest BCUT2D eigenvalue weighted by molar-refractivity contribution is -0.117. The molecule has 37 heavy (non-hydrogen) atoms. The molecule has 1 N–H and O–H groups in total. The number of carbonyl (C=O) groups is 2. The quantitative estimate of drug-likeness (QED) is 0.273. The van der Waals surface area contributed by atoms with Gasteiger partial charge in [-0.3, -0.25) is 19.4 Å². The number of amides is 1. The maximum absolute atomic E-state index is 13.0. The van der Waals surface area contributed by atoms with Gasteiger partial charge in [0.15, 0.2) is 11.4 Å². The lowest BCUT2D eigenvalue weighted by atomic mass is 9.92. The number of piperazine rings is 1. The maximum atomic E-state index is 13.0. The number of benzene rings is 2. The van der Waals surface area contributed by atoms with Crippen molar-refractivity contribution in [2.24, 2.45) is 0 Å². The van der Waals surface area contributed by atoms with E-state index in [2.05, 4.69) is 66.0 Å². The molecule has 0 bridgehead atoms. The third kappa shape index (κ3) is 6.80. The van der Waals surface area contributed by atoms with Gasteiger partial charge in [-0.25, -0.2) is 4.98 Å². The maximum Gasteiger partial charge on any atom is 0.256 e. The molecule has 0 saturated carbocycles. The van der Waals surface area contributed by atoms with Crippen LogP contribution in [0.2, 0.25) is 0 Å². The van der Waals surface area contributed by atoms with E-state index in [1.165, 1.54) is 11.1 Å². The molecule has 0 spiro atoms. The Bertz CT molecular complexity index is 1220. The van der Waals surface area contributed by atoms with E-state index in [0.717, 1.165) is 49.7 Å². The summed E-state index contributed by atoms with van der Waals surface area (Å²) in [5.41, 5.74) is 5.24. The highest BCUT2D eigenvalue weighted by molar-refractivity contribution is 7.99. The van der Waals surface area contributed by atoms with Crippen LogP contribution in [0.5, 0.6) is 0 Å². The van der Waals surface area contributed by atoms with Crippen molar-refractivity contribution in [3.05, 3.63) is 53.1 Å². The number of nitrogens with one attached hydrogen (secondary N) is 1. The van der Waals surface area contributed by atoms with Crippen LogP contribution in [0, 0.1) is 0 Å². The van der Waals surface area contributed by atoms with E-state index in [1.807, 2.05) is 12.1 Å². The Kier molecular flexibility index (Phi) is 9.05. The van der Waals surface area contributed by atoms with Gasteiger partial charge in [-0.05, 0) is 42.0 Å². The van der Waals surface area contributed by atoms with Crippen LogP contribution in [-0.4, -0.2) is 71.5 Å². The van der Waals surface area contributed by atoms with Crippen LogP contribution >= 0.6 is 11.8 Å². The average molecular weight is 523 g/mol. The molecule has 7 nitrogen and oxygen atoms in total. The lowest BCUT2D eigenvalue weighted by Crippen LogP contribution is -2.49. The number of hydrogen-bond donors (Lipinski definition) is 1. The first-order chi connectivity index (χ1) is 17.7. The Hall–Kier alpha value is -2.68. The molecular weight excluding hydrogens is 484 g/mol. The molecule has 8 heteroatoms. The minimum absolute atomic E-state index is 0.0191. The molecule has 3 aromatic rings. The number of hydrogen-bond acceptors (Lipinski definition) is 7. The van der Waals surface area contributed by atoms with E-state index in [-0.39, 0.29) is 11.7 Å². The normalized spacial score (nSPS) is 15.1. The van der Waals surface area contributed by atoms with Gasteiger partial charge in [0.05, 0.1) is 12.1 Å². The van der Waals surface area contributed by atoms with E-state index < -0.39 is 0 Å². The molecule has 1 fully saturated rings. The van der Waals surface area contributed by atoms with Crippen molar-refractivity contribution in [3.63, 3.8) is 0 Å². The number of rotatable bonds is 10. The molecule has 1 aliphatic rings. The molecule has 0 atom stereocenters. The van der Waals surface area contributed by atoms with E-state index in [4.69, 9.17) is 4.42 Å². The number of nitrogens with zero attached hydrogens (tertiary/aromatic N) is 3. The first-order valence-electron chi connectivity index (χ1n) is 13.1. The van der Waals surface area contributed by atoms with Crippen molar-refractivity contribution in [3.8, 4) is 0 Å². The van der Waals surface area contributed by atoms with Crippen molar-refractivity contribution < 1.29 is 14.0 Å². The van der Waals surface area contributed by atoms with Crippen LogP contribution in [0.25, 0.3) is 11.1 Å². The van der Waals surface area contributed by atoms with Gasteiger partial charge in [0, 0.05) is 44.2 Å². The molecule has 0 radical (unpaired) electrons. The van der Waals surface area contributed by atoms with Crippen LogP contribution in [0.3, 0.4) is 0 Å². The molecule has 1 saturated heterocycles. The predicted octanol–water partition coefficient (Wildman–Crippen LogP) is 5.63. The number of anilines is 1. The fourth-order valence-corrected chi connectivity index (χ4v) is 5.61. The smallest absolute Gasteiger partial charge is 0.256 e. The summed E-state index contributed by atoms with van der Waals surface area (Å²) in [5.74, 6) is 1.59. The highest BCUT2D eigenvalue weighted by atomic mass is 32.2. The van der Waals surface area contributed by atoms with E-state index >= 15 is 0 Å². The zero-order chi connectivity index (χ0) is 26.5. The van der Waals surface area contributed by atoms with Crippen molar-refractivity contribution in [2.45, 2.75) is 51.7 Å². The molecule has 1 aromatic heterocycles. The summed E-state index contributed by atoms with van der Waals surface area (Å²) < 4.78 is 5.87. The average Bonchev–Trinajstić information content (AvgIpc) is 3.27. The van der Waals surface area contributed by atoms with Crippen LogP contribution in [0.4, 0.5) is 5.69 Å². The minimum atomic E-state index is -0.0191. The number of oxazole rings is 1. The summed E-state index contributed by atoms with van der Waals surface area (Å²) in [6, 6.07) is 11.8. The van der Waals surface area contributed by atoms with Crippen LogP contribution in [0.15, 0.2) is 46.0 Å². The summed E-state index contributed by atoms with van der Waals surface area (Å²) in [5, 5.41) is 3.84. The summed E-state index contributed by atoms with van der Waals surface area (Å²) in [6.45, 7) is 15.1. The number of aromatic nitrogens is 1. The molecular formula is C29H38N4O3S. The van der Waals surface area contributed by atoms with Gasteiger partial charge >= 0.3 is 0 Å². The van der Waals surface area contributed by atoms with Gasteiger partial charge in [-0.15, -0.1) is 0 Å². The van der Waals surface area contributed by atoms with E-state index in [0.29, 0.717) is 34.7 Å². The Morgan fingerprint density at radius 1 is 0.973 bits per heavy atom. The molecule has 1 aliphatic heterocycles. The Labute approximate surface area is 224 Å². The van der Waals surface area contributed by atoms with Crippen LogP contribution in [-0.2, 0) is 4.79 Å². The Morgan fingerprint density at radius 2 is 1.59 bits per heavy atom. The third-order valence-electron chi connectivity index (χ3n) is 6.88. The van der Waals surface area contributed by atoms with Crippen LogP contribution < -0.4 is 5.32 Å². The lowest BCUT2D eigenvalue weighted by Gasteiger charge is -2.34. The number of Topliss-reactive ketones (excluding diaryl/α,β-unsaturated/α-hetero) is 1. The molecule has 2 aromatic carbocycles. The van der Waals surface area contributed by atoms with E-state index in [1.54, 1.807) is 24.8 Å². The van der Waals surface area contributed by atoms with Gasteiger partial charge in [0.2, 0.25) is 5.91 Å². The molecule has 0 aliphatic carbocycles. The van der Waals surface area contributed by atoms with Crippen molar-refractivity contribution in [1.82, 2.24) is 14.8 Å². The summed E-state index contributed by atoms with van der Waals surface area (Å²) >= 11 is 1.57. The van der Waals surface area contributed by atoms with Gasteiger partial charge in [-0.2, -0.15) is 0 Å². The van der Waals surface area contributed by atoms with Gasteiger partial charge in [-0.1, -0.05) is 63.7 Å².